The van der Waals surface area contributed by atoms with E-state index >= 15 is 0 Å². The molecule has 2 aromatic heterocycles. The second kappa shape index (κ2) is 3.59. The topological polar surface area (TPSA) is 56.7 Å². The minimum atomic E-state index is 0.486. The van der Waals surface area contributed by atoms with E-state index in [1.807, 2.05) is 42.0 Å². The van der Waals surface area contributed by atoms with Crippen LogP contribution in [0, 0.1) is 6.92 Å². The molecule has 0 radical (unpaired) electrons. The summed E-state index contributed by atoms with van der Waals surface area (Å²) in [6.45, 7) is 1.92. The largest absolute Gasteiger partial charge is 0.369 e. The highest BCUT2D eigenvalue weighted by molar-refractivity contribution is 5.80. The number of fused-ring (bicyclic) bond motifs is 1. The number of nitrogens with two attached hydrogens (primary N) is 1. The van der Waals surface area contributed by atoms with Gasteiger partial charge in [0.05, 0.1) is 23.1 Å². The molecule has 0 fully saturated rings. The van der Waals surface area contributed by atoms with Crippen molar-refractivity contribution in [2.24, 2.45) is 0 Å². The molecule has 0 aliphatic heterocycles. The second-order valence-corrected chi connectivity index (χ2v) is 4.00. The Balaban J connectivity index is 2.21. The third-order valence-electron chi connectivity index (χ3n) is 2.71. The Morgan fingerprint density at radius 1 is 1.24 bits per heavy atom. The molecule has 3 aromatic rings. The summed E-state index contributed by atoms with van der Waals surface area (Å²) in [4.78, 5) is 8.58. The molecule has 0 aliphatic carbocycles. The minimum absolute atomic E-state index is 0.486. The Bertz CT molecular complexity index is 685. The second-order valence-electron chi connectivity index (χ2n) is 4.00. The van der Waals surface area contributed by atoms with Crippen molar-refractivity contribution in [2.45, 2.75) is 6.92 Å². The molecular formula is C13H12N4. The van der Waals surface area contributed by atoms with Crippen LogP contribution in [-0.4, -0.2) is 14.5 Å². The van der Waals surface area contributed by atoms with E-state index in [2.05, 4.69) is 16.0 Å². The molecule has 0 spiro atoms. The SMILES string of the molecule is Cc1cn(-c2cnc3ccccc3c2)c(N)n1. The van der Waals surface area contributed by atoms with Gasteiger partial charge in [0.15, 0.2) is 0 Å². The van der Waals surface area contributed by atoms with E-state index in [0.717, 1.165) is 22.3 Å². The monoisotopic (exact) mass is 224 g/mol. The molecule has 0 amide bonds. The zero-order chi connectivity index (χ0) is 11.8. The van der Waals surface area contributed by atoms with Crippen LogP contribution in [-0.2, 0) is 0 Å². The molecule has 17 heavy (non-hydrogen) atoms. The fourth-order valence-electron chi connectivity index (χ4n) is 1.91. The fraction of sp³-hybridized carbons (Fsp3) is 0.0769. The van der Waals surface area contributed by atoms with Crippen molar-refractivity contribution < 1.29 is 0 Å². The molecule has 1 aromatic carbocycles. The minimum Gasteiger partial charge on any atom is -0.369 e. The number of hydrogen-bond donors (Lipinski definition) is 1. The number of pyridine rings is 1. The maximum atomic E-state index is 5.84. The van der Waals surface area contributed by atoms with Crippen LogP contribution in [0.1, 0.15) is 5.69 Å². The number of aryl methyl sites for hydroxylation is 1. The quantitative estimate of drug-likeness (QED) is 0.690. The van der Waals surface area contributed by atoms with Crippen LogP contribution in [0.4, 0.5) is 5.95 Å². The summed E-state index contributed by atoms with van der Waals surface area (Å²) in [6.07, 6.45) is 3.71. The van der Waals surface area contributed by atoms with Crippen molar-refractivity contribution in [3.63, 3.8) is 0 Å². The first-order chi connectivity index (χ1) is 8.24. The number of nitrogen functional groups attached to an aromatic ring is 1. The smallest absolute Gasteiger partial charge is 0.205 e. The lowest BCUT2D eigenvalue weighted by atomic mass is 10.2. The summed E-state index contributed by atoms with van der Waals surface area (Å²) in [5.74, 6) is 0.486. The molecule has 0 saturated heterocycles. The number of imidazole rings is 1. The van der Waals surface area contributed by atoms with Crippen molar-refractivity contribution in [1.82, 2.24) is 14.5 Å². The summed E-state index contributed by atoms with van der Waals surface area (Å²) >= 11 is 0. The van der Waals surface area contributed by atoms with E-state index in [1.54, 1.807) is 6.20 Å². The lowest BCUT2D eigenvalue weighted by molar-refractivity contribution is 1.06. The number of aromatic nitrogens is 3. The van der Waals surface area contributed by atoms with Gasteiger partial charge in [-0.05, 0) is 19.1 Å². The molecule has 0 bridgehead atoms. The predicted octanol–water partition coefficient (Wildman–Crippen LogP) is 2.31. The third kappa shape index (κ3) is 1.63. The zero-order valence-electron chi connectivity index (χ0n) is 9.46. The van der Waals surface area contributed by atoms with Crippen molar-refractivity contribution in [2.75, 3.05) is 5.73 Å². The molecule has 0 aliphatic rings. The summed E-state index contributed by atoms with van der Waals surface area (Å²) < 4.78 is 1.84. The Morgan fingerprint density at radius 3 is 2.82 bits per heavy atom. The lowest BCUT2D eigenvalue weighted by Gasteiger charge is -2.05. The average molecular weight is 224 g/mol. The van der Waals surface area contributed by atoms with E-state index in [9.17, 15) is 0 Å². The molecular weight excluding hydrogens is 212 g/mol. The van der Waals surface area contributed by atoms with Gasteiger partial charge in [0.2, 0.25) is 5.95 Å². The van der Waals surface area contributed by atoms with Crippen LogP contribution in [0.2, 0.25) is 0 Å². The number of anilines is 1. The van der Waals surface area contributed by atoms with E-state index in [4.69, 9.17) is 5.73 Å². The Labute approximate surface area is 98.7 Å². The van der Waals surface area contributed by atoms with Gasteiger partial charge in [0.25, 0.3) is 0 Å². The van der Waals surface area contributed by atoms with E-state index in [0.29, 0.717) is 5.95 Å². The molecule has 0 atom stereocenters. The van der Waals surface area contributed by atoms with Gasteiger partial charge in [-0.25, -0.2) is 4.98 Å². The molecule has 2 N–H and O–H groups in total. The molecule has 2 heterocycles. The van der Waals surface area contributed by atoms with Crippen LogP contribution >= 0.6 is 0 Å². The number of nitrogens with zero attached hydrogens (tertiary/aromatic N) is 3. The lowest BCUT2D eigenvalue weighted by Crippen LogP contribution is -2.00. The van der Waals surface area contributed by atoms with Crippen LogP contribution < -0.4 is 5.73 Å². The Kier molecular flexibility index (Phi) is 2.08. The van der Waals surface area contributed by atoms with Crippen molar-refractivity contribution >= 4 is 16.9 Å². The van der Waals surface area contributed by atoms with Gasteiger partial charge < -0.3 is 5.73 Å². The molecule has 3 rings (SSSR count). The summed E-state index contributed by atoms with van der Waals surface area (Å²) in [5, 5.41) is 1.09. The number of benzene rings is 1. The highest BCUT2D eigenvalue weighted by Gasteiger charge is 2.05. The summed E-state index contributed by atoms with van der Waals surface area (Å²) in [5.41, 5.74) is 8.65. The van der Waals surface area contributed by atoms with Gasteiger partial charge >= 0.3 is 0 Å². The van der Waals surface area contributed by atoms with Crippen molar-refractivity contribution in [1.29, 1.82) is 0 Å². The maximum Gasteiger partial charge on any atom is 0.205 e. The Morgan fingerprint density at radius 2 is 2.06 bits per heavy atom. The summed E-state index contributed by atoms with van der Waals surface area (Å²) in [7, 11) is 0. The van der Waals surface area contributed by atoms with Gasteiger partial charge in [-0.3, -0.25) is 9.55 Å². The molecule has 4 nitrogen and oxygen atoms in total. The molecule has 0 saturated carbocycles. The summed E-state index contributed by atoms with van der Waals surface area (Å²) in [6, 6.07) is 10.0. The van der Waals surface area contributed by atoms with E-state index < -0.39 is 0 Å². The third-order valence-corrected chi connectivity index (χ3v) is 2.71. The highest BCUT2D eigenvalue weighted by atomic mass is 15.1. The highest BCUT2D eigenvalue weighted by Crippen LogP contribution is 2.18. The van der Waals surface area contributed by atoms with Crippen LogP contribution in [0.5, 0.6) is 0 Å². The van der Waals surface area contributed by atoms with Gasteiger partial charge in [0.1, 0.15) is 0 Å². The van der Waals surface area contributed by atoms with Crippen molar-refractivity contribution in [3.8, 4) is 5.69 Å². The van der Waals surface area contributed by atoms with Gasteiger partial charge in [-0.15, -0.1) is 0 Å². The van der Waals surface area contributed by atoms with Gasteiger partial charge in [-0.1, -0.05) is 18.2 Å². The van der Waals surface area contributed by atoms with E-state index in [1.165, 1.54) is 0 Å². The molecule has 4 heteroatoms. The average Bonchev–Trinajstić information content (AvgIpc) is 2.68. The van der Waals surface area contributed by atoms with Crippen LogP contribution in [0.25, 0.3) is 16.6 Å². The van der Waals surface area contributed by atoms with E-state index in [-0.39, 0.29) is 0 Å². The van der Waals surface area contributed by atoms with Crippen LogP contribution in [0.3, 0.4) is 0 Å². The molecule has 84 valence electrons. The standard InChI is InChI=1S/C13H12N4/c1-9-8-17(13(14)16-9)11-6-10-4-2-3-5-12(10)15-7-11/h2-8H,1H3,(H2,14,16). The van der Waals surface area contributed by atoms with Crippen LogP contribution in [0.15, 0.2) is 42.7 Å². The Hall–Kier alpha value is -2.36. The first-order valence-electron chi connectivity index (χ1n) is 5.41. The van der Waals surface area contributed by atoms with Crippen molar-refractivity contribution in [3.05, 3.63) is 48.4 Å². The van der Waals surface area contributed by atoms with Gasteiger partial charge in [-0.2, -0.15) is 0 Å². The first-order valence-corrected chi connectivity index (χ1v) is 5.41. The zero-order valence-corrected chi connectivity index (χ0v) is 9.46. The molecule has 0 unspecified atom stereocenters. The fourth-order valence-corrected chi connectivity index (χ4v) is 1.91. The maximum absolute atomic E-state index is 5.84. The number of hydrogen-bond acceptors (Lipinski definition) is 3. The number of para-hydroxylation sites is 1. The van der Waals surface area contributed by atoms with Gasteiger partial charge in [0, 0.05) is 11.6 Å². The predicted molar refractivity (Wildman–Crippen MR) is 68.0 cm³/mol. The normalized spacial score (nSPS) is 10.9. The number of rotatable bonds is 1. The first kappa shape index (κ1) is 9.84.